The van der Waals surface area contributed by atoms with Crippen molar-refractivity contribution in [3.8, 4) is 5.75 Å². The zero-order valence-electron chi connectivity index (χ0n) is 11.7. The third-order valence-corrected chi connectivity index (χ3v) is 3.64. The van der Waals surface area contributed by atoms with E-state index in [0.717, 1.165) is 25.0 Å². The van der Waals surface area contributed by atoms with E-state index in [0.29, 0.717) is 6.61 Å². The van der Waals surface area contributed by atoms with Crippen LogP contribution < -0.4 is 4.74 Å². The van der Waals surface area contributed by atoms with Crippen molar-refractivity contribution in [1.82, 2.24) is 0 Å². The lowest BCUT2D eigenvalue weighted by Gasteiger charge is -2.32. The van der Waals surface area contributed by atoms with E-state index in [1.807, 2.05) is 25.1 Å². The van der Waals surface area contributed by atoms with Gasteiger partial charge < -0.3 is 9.47 Å². The number of hydrogen-bond donors (Lipinski definition) is 0. The Morgan fingerprint density at radius 2 is 2.00 bits per heavy atom. The SMILES string of the molecule is CCOc1ccccc1C1CCCCC1OC(C)=O. The van der Waals surface area contributed by atoms with E-state index in [-0.39, 0.29) is 18.0 Å². The van der Waals surface area contributed by atoms with E-state index in [4.69, 9.17) is 9.47 Å². The molecule has 0 bridgehead atoms. The van der Waals surface area contributed by atoms with Crippen molar-refractivity contribution in [3.05, 3.63) is 29.8 Å². The fourth-order valence-electron chi connectivity index (χ4n) is 2.88. The van der Waals surface area contributed by atoms with E-state index < -0.39 is 0 Å². The summed E-state index contributed by atoms with van der Waals surface area (Å²) in [6, 6.07) is 8.10. The Hall–Kier alpha value is -1.51. The van der Waals surface area contributed by atoms with Crippen molar-refractivity contribution in [1.29, 1.82) is 0 Å². The topological polar surface area (TPSA) is 35.5 Å². The predicted molar refractivity (Wildman–Crippen MR) is 74.4 cm³/mol. The van der Waals surface area contributed by atoms with Crippen LogP contribution in [-0.2, 0) is 9.53 Å². The second-order valence-electron chi connectivity index (χ2n) is 5.01. The molecule has 0 radical (unpaired) electrons. The number of para-hydroxylation sites is 1. The van der Waals surface area contributed by atoms with Crippen LogP contribution in [0.1, 0.15) is 51.0 Å². The Labute approximate surface area is 114 Å². The van der Waals surface area contributed by atoms with Crippen LogP contribution in [0.4, 0.5) is 0 Å². The van der Waals surface area contributed by atoms with E-state index in [9.17, 15) is 4.79 Å². The summed E-state index contributed by atoms with van der Waals surface area (Å²) in [4.78, 5) is 11.2. The van der Waals surface area contributed by atoms with Crippen LogP contribution in [0.3, 0.4) is 0 Å². The maximum absolute atomic E-state index is 11.2. The number of rotatable bonds is 4. The molecule has 0 spiro atoms. The molecule has 1 aromatic rings. The van der Waals surface area contributed by atoms with Crippen molar-refractivity contribution in [2.45, 2.75) is 51.6 Å². The molecule has 1 aliphatic rings. The van der Waals surface area contributed by atoms with Gasteiger partial charge in [0.2, 0.25) is 0 Å². The van der Waals surface area contributed by atoms with Crippen molar-refractivity contribution < 1.29 is 14.3 Å². The second kappa shape index (κ2) is 6.60. The highest BCUT2D eigenvalue weighted by molar-refractivity contribution is 5.66. The smallest absolute Gasteiger partial charge is 0.302 e. The first-order valence-corrected chi connectivity index (χ1v) is 7.11. The molecular formula is C16H22O3. The lowest BCUT2D eigenvalue weighted by atomic mass is 9.81. The number of benzene rings is 1. The summed E-state index contributed by atoms with van der Waals surface area (Å²) in [7, 11) is 0. The first-order chi connectivity index (χ1) is 9.22. The Balaban J connectivity index is 2.23. The molecule has 1 fully saturated rings. The van der Waals surface area contributed by atoms with Gasteiger partial charge in [0.05, 0.1) is 6.61 Å². The van der Waals surface area contributed by atoms with Crippen LogP contribution in [0.5, 0.6) is 5.75 Å². The zero-order chi connectivity index (χ0) is 13.7. The number of carbonyl (C=O) groups excluding carboxylic acids is 1. The van der Waals surface area contributed by atoms with Crippen molar-refractivity contribution in [2.24, 2.45) is 0 Å². The normalized spacial score (nSPS) is 22.8. The lowest BCUT2D eigenvalue weighted by molar-refractivity contribution is -0.148. The lowest BCUT2D eigenvalue weighted by Crippen LogP contribution is -2.28. The molecule has 2 atom stereocenters. The molecule has 0 heterocycles. The minimum absolute atomic E-state index is 0.00661. The average molecular weight is 262 g/mol. The molecule has 1 aliphatic carbocycles. The number of carbonyl (C=O) groups is 1. The van der Waals surface area contributed by atoms with Crippen LogP contribution >= 0.6 is 0 Å². The summed E-state index contributed by atoms with van der Waals surface area (Å²) in [5.41, 5.74) is 1.18. The first kappa shape index (κ1) is 13.9. The van der Waals surface area contributed by atoms with Gasteiger partial charge >= 0.3 is 5.97 Å². The molecule has 0 aliphatic heterocycles. The van der Waals surface area contributed by atoms with Gasteiger partial charge in [-0.05, 0) is 32.3 Å². The van der Waals surface area contributed by atoms with E-state index in [2.05, 4.69) is 6.07 Å². The molecule has 0 aromatic heterocycles. The fourth-order valence-corrected chi connectivity index (χ4v) is 2.88. The van der Waals surface area contributed by atoms with E-state index in [1.165, 1.54) is 18.9 Å². The van der Waals surface area contributed by atoms with E-state index in [1.54, 1.807) is 0 Å². The molecule has 3 nitrogen and oxygen atoms in total. The number of ether oxygens (including phenoxy) is 2. The third kappa shape index (κ3) is 3.49. The van der Waals surface area contributed by atoms with E-state index >= 15 is 0 Å². The van der Waals surface area contributed by atoms with Gasteiger partial charge in [-0.15, -0.1) is 0 Å². The molecule has 19 heavy (non-hydrogen) atoms. The molecule has 2 unspecified atom stereocenters. The monoisotopic (exact) mass is 262 g/mol. The van der Waals surface area contributed by atoms with Gasteiger partial charge in [-0.1, -0.05) is 24.6 Å². The van der Waals surface area contributed by atoms with Gasteiger partial charge in [0.25, 0.3) is 0 Å². The Morgan fingerprint density at radius 1 is 1.26 bits per heavy atom. The molecule has 0 saturated heterocycles. The molecule has 2 rings (SSSR count). The zero-order valence-corrected chi connectivity index (χ0v) is 11.7. The van der Waals surface area contributed by atoms with Gasteiger partial charge in [-0.2, -0.15) is 0 Å². The Kier molecular flexibility index (Phi) is 4.83. The summed E-state index contributed by atoms with van der Waals surface area (Å²) >= 11 is 0. The van der Waals surface area contributed by atoms with Crippen molar-refractivity contribution in [2.75, 3.05) is 6.61 Å². The quantitative estimate of drug-likeness (QED) is 0.777. The summed E-state index contributed by atoms with van der Waals surface area (Å²) in [5, 5.41) is 0. The highest BCUT2D eigenvalue weighted by atomic mass is 16.5. The molecule has 1 saturated carbocycles. The molecule has 3 heteroatoms. The summed E-state index contributed by atoms with van der Waals surface area (Å²) in [6.07, 6.45) is 4.31. The first-order valence-electron chi connectivity index (χ1n) is 7.11. The number of hydrogen-bond acceptors (Lipinski definition) is 3. The molecule has 104 valence electrons. The predicted octanol–water partition coefficient (Wildman–Crippen LogP) is 3.67. The van der Waals surface area contributed by atoms with Crippen LogP contribution in [0, 0.1) is 0 Å². The maximum Gasteiger partial charge on any atom is 0.302 e. The van der Waals surface area contributed by atoms with Gasteiger partial charge in [0.15, 0.2) is 0 Å². The molecule has 1 aromatic carbocycles. The van der Waals surface area contributed by atoms with Gasteiger partial charge in [-0.3, -0.25) is 4.79 Å². The minimum atomic E-state index is -0.189. The maximum atomic E-state index is 11.2. The standard InChI is InChI=1S/C16H22O3/c1-3-18-15-10-6-4-8-13(15)14-9-5-7-11-16(14)19-12(2)17/h4,6,8,10,14,16H,3,5,7,9,11H2,1-2H3. The molecule has 0 amide bonds. The highest BCUT2D eigenvalue weighted by Crippen LogP contribution is 2.39. The van der Waals surface area contributed by atoms with Crippen molar-refractivity contribution in [3.63, 3.8) is 0 Å². The second-order valence-corrected chi connectivity index (χ2v) is 5.01. The summed E-state index contributed by atoms with van der Waals surface area (Å²) in [5.74, 6) is 1.00. The Bertz CT molecular complexity index is 428. The van der Waals surface area contributed by atoms with Crippen LogP contribution in [0.2, 0.25) is 0 Å². The highest BCUT2D eigenvalue weighted by Gasteiger charge is 2.30. The third-order valence-electron chi connectivity index (χ3n) is 3.64. The van der Waals surface area contributed by atoms with Gasteiger partial charge in [0, 0.05) is 18.4 Å². The van der Waals surface area contributed by atoms with Gasteiger partial charge in [0.1, 0.15) is 11.9 Å². The largest absolute Gasteiger partial charge is 0.494 e. The summed E-state index contributed by atoms with van der Waals surface area (Å²) in [6.45, 7) is 4.13. The average Bonchev–Trinajstić information content (AvgIpc) is 2.40. The Morgan fingerprint density at radius 3 is 2.74 bits per heavy atom. The van der Waals surface area contributed by atoms with Crippen LogP contribution in [0.15, 0.2) is 24.3 Å². The fraction of sp³-hybridized carbons (Fsp3) is 0.562. The summed E-state index contributed by atoms with van der Waals surface area (Å²) < 4.78 is 11.2. The van der Waals surface area contributed by atoms with Crippen molar-refractivity contribution >= 4 is 5.97 Å². The molecular weight excluding hydrogens is 240 g/mol. The molecule has 0 N–H and O–H groups in total. The number of esters is 1. The van der Waals surface area contributed by atoms with Gasteiger partial charge in [-0.25, -0.2) is 0 Å². The van der Waals surface area contributed by atoms with Crippen LogP contribution in [0.25, 0.3) is 0 Å². The minimum Gasteiger partial charge on any atom is -0.494 e. The van der Waals surface area contributed by atoms with Crippen LogP contribution in [-0.4, -0.2) is 18.7 Å².